The summed E-state index contributed by atoms with van der Waals surface area (Å²) in [7, 11) is 0. The summed E-state index contributed by atoms with van der Waals surface area (Å²) in [6.45, 7) is 8.13. The smallest absolute Gasteiger partial charge is 0.0175 e. The summed E-state index contributed by atoms with van der Waals surface area (Å²) in [6.07, 6.45) is 1.37. The van der Waals surface area contributed by atoms with Crippen LogP contribution in [0.2, 0.25) is 0 Å². The lowest BCUT2D eigenvalue weighted by atomic mass is 10.1. The molecule has 0 radical (unpaired) electrons. The monoisotopic (exact) mass is 281 g/mol. The van der Waals surface area contributed by atoms with Crippen LogP contribution >= 0.6 is 15.9 Å². The largest absolute Gasteiger partial charge is 0.304 e. The minimum atomic E-state index is 0.814. The van der Waals surface area contributed by atoms with Crippen molar-refractivity contribution < 1.29 is 0 Å². The minimum absolute atomic E-state index is 0.814. The zero-order valence-electron chi connectivity index (χ0n) is 10.1. The fourth-order valence-electron chi connectivity index (χ4n) is 2.38. The van der Waals surface area contributed by atoms with E-state index in [9.17, 15) is 0 Å². The maximum atomic E-state index is 3.48. The molecule has 1 aromatic rings. The van der Waals surface area contributed by atoms with E-state index < -0.39 is 0 Å². The topological polar surface area (TPSA) is 3.24 Å². The van der Waals surface area contributed by atoms with Gasteiger partial charge in [-0.3, -0.25) is 0 Å². The maximum Gasteiger partial charge on any atom is 0.0175 e. The molecule has 2 atom stereocenters. The Morgan fingerprint density at radius 2 is 1.81 bits per heavy atom. The Bertz CT molecular complexity index is 329. The second kappa shape index (κ2) is 5.33. The molecule has 0 saturated heterocycles. The minimum Gasteiger partial charge on any atom is -0.304 e. The molecular formula is C14H20BrN. The third-order valence-corrected chi connectivity index (χ3v) is 4.14. The lowest BCUT2D eigenvalue weighted by molar-refractivity contribution is 0.289. The first kappa shape index (κ1) is 12.1. The van der Waals surface area contributed by atoms with Gasteiger partial charge in [0.2, 0.25) is 0 Å². The molecule has 0 N–H and O–H groups in total. The lowest BCUT2D eigenvalue weighted by Gasteiger charge is -2.17. The third-order valence-electron chi connectivity index (χ3n) is 3.61. The molecule has 0 heterocycles. The van der Waals surface area contributed by atoms with Crippen molar-refractivity contribution in [1.82, 2.24) is 4.90 Å². The van der Waals surface area contributed by atoms with Gasteiger partial charge in [-0.15, -0.1) is 0 Å². The normalized spacial score (nSPS) is 23.8. The fraction of sp³-hybridized carbons (Fsp3) is 0.571. The Labute approximate surface area is 107 Å². The molecule has 0 spiro atoms. The number of rotatable bonds is 5. The molecule has 1 saturated carbocycles. The van der Waals surface area contributed by atoms with Crippen LogP contribution in [0.3, 0.4) is 0 Å². The standard InChI is InChI=1S/C14H20BrN/c1-3-16(4-2)10-12-9-14(12)11-5-7-13(15)8-6-11/h5-8,12,14H,3-4,9-10H2,1-2H3. The molecule has 2 unspecified atom stereocenters. The van der Waals surface area contributed by atoms with Crippen molar-refractivity contribution in [2.45, 2.75) is 26.2 Å². The average Bonchev–Trinajstić information content (AvgIpc) is 3.06. The summed E-state index contributed by atoms with van der Waals surface area (Å²) in [5, 5.41) is 0. The molecule has 1 nitrogen and oxygen atoms in total. The summed E-state index contributed by atoms with van der Waals surface area (Å²) < 4.78 is 1.18. The zero-order chi connectivity index (χ0) is 11.5. The number of benzene rings is 1. The van der Waals surface area contributed by atoms with Crippen molar-refractivity contribution in [3.63, 3.8) is 0 Å². The molecule has 2 rings (SSSR count). The molecule has 88 valence electrons. The molecule has 1 aromatic carbocycles. The van der Waals surface area contributed by atoms with Crippen molar-refractivity contribution in [3.8, 4) is 0 Å². The first-order chi connectivity index (χ1) is 7.74. The highest BCUT2D eigenvalue weighted by Gasteiger charge is 2.38. The van der Waals surface area contributed by atoms with Crippen LogP contribution in [0.4, 0.5) is 0 Å². The van der Waals surface area contributed by atoms with Crippen LogP contribution in [0.25, 0.3) is 0 Å². The van der Waals surface area contributed by atoms with Crippen molar-refractivity contribution in [2.75, 3.05) is 19.6 Å². The Hall–Kier alpha value is -0.340. The van der Waals surface area contributed by atoms with Gasteiger partial charge in [0, 0.05) is 11.0 Å². The predicted molar refractivity (Wildman–Crippen MR) is 72.8 cm³/mol. The van der Waals surface area contributed by atoms with Gasteiger partial charge in [-0.05, 0) is 49.0 Å². The molecule has 0 aromatic heterocycles. The molecule has 2 heteroatoms. The molecular weight excluding hydrogens is 262 g/mol. The van der Waals surface area contributed by atoms with Crippen molar-refractivity contribution in [3.05, 3.63) is 34.3 Å². The van der Waals surface area contributed by atoms with Gasteiger partial charge in [0.1, 0.15) is 0 Å². The summed E-state index contributed by atoms with van der Waals surface area (Å²) in [5.74, 6) is 1.70. The fourth-order valence-corrected chi connectivity index (χ4v) is 2.65. The molecule has 0 amide bonds. The first-order valence-electron chi connectivity index (χ1n) is 6.22. The van der Waals surface area contributed by atoms with Gasteiger partial charge < -0.3 is 4.90 Å². The SMILES string of the molecule is CCN(CC)CC1CC1c1ccc(Br)cc1. The predicted octanol–water partition coefficient (Wildman–Crippen LogP) is 3.89. The summed E-state index contributed by atoms with van der Waals surface area (Å²) in [6, 6.07) is 8.83. The van der Waals surface area contributed by atoms with Gasteiger partial charge in [0.05, 0.1) is 0 Å². The van der Waals surface area contributed by atoms with Gasteiger partial charge in [0.25, 0.3) is 0 Å². The van der Waals surface area contributed by atoms with Crippen LogP contribution in [0, 0.1) is 5.92 Å². The van der Waals surface area contributed by atoms with E-state index in [1.54, 1.807) is 0 Å². The van der Waals surface area contributed by atoms with Gasteiger partial charge >= 0.3 is 0 Å². The van der Waals surface area contributed by atoms with Crippen molar-refractivity contribution in [1.29, 1.82) is 0 Å². The zero-order valence-corrected chi connectivity index (χ0v) is 11.7. The van der Waals surface area contributed by atoms with Gasteiger partial charge in [0.15, 0.2) is 0 Å². The number of nitrogens with zero attached hydrogens (tertiary/aromatic N) is 1. The van der Waals surface area contributed by atoms with E-state index in [0.29, 0.717) is 0 Å². The van der Waals surface area contributed by atoms with Crippen molar-refractivity contribution >= 4 is 15.9 Å². The van der Waals surface area contributed by atoms with Gasteiger partial charge in [-0.1, -0.05) is 41.9 Å². The molecule has 16 heavy (non-hydrogen) atoms. The van der Waals surface area contributed by atoms with Crippen LogP contribution in [-0.4, -0.2) is 24.5 Å². The number of hydrogen-bond acceptors (Lipinski definition) is 1. The highest BCUT2D eigenvalue weighted by atomic mass is 79.9. The third kappa shape index (κ3) is 2.86. The summed E-state index contributed by atoms with van der Waals surface area (Å²) in [5.41, 5.74) is 1.51. The molecule has 0 aliphatic heterocycles. The van der Waals surface area contributed by atoms with Crippen LogP contribution in [0.5, 0.6) is 0 Å². The first-order valence-corrected chi connectivity index (χ1v) is 7.01. The quantitative estimate of drug-likeness (QED) is 0.792. The Morgan fingerprint density at radius 1 is 1.19 bits per heavy atom. The number of hydrogen-bond donors (Lipinski definition) is 0. The lowest BCUT2D eigenvalue weighted by Crippen LogP contribution is -2.25. The molecule has 1 aliphatic carbocycles. The molecule has 0 bridgehead atoms. The highest BCUT2D eigenvalue weighted by molar-refractivity contribution is 9.10. The maximum absolute atomic E-state index is 3.48. The van der Waals surface area contributed by atoms with Gasteiger partial charge in [-0.2, -0.15) is 0 Å². The van der Waals surface area contributed by atoms with Crippen LogP contribution in [0.15, 0.2) is 28.7 Å². The summed E-state index contributed by atoms with van der Waals surface area (Å²) >= 11 is 3.48. The van der Waals surface area contributed by atoms with Crippen LogP contribution in [0.1, 0.15) is 31.7 Å². The average molecular weight is 282 g/mol. The number of halogens is 1. The van der Waals surface area contributed by atoms with E-state index in [-0.39, 0.29) is 0 Å². The van der Waals surface area contributed by atoms with E-state index in [0.717, 1.165) is 11.8 Å². The van der Waals surface area contributed by atoms with Crippen LogP contribution in [-0.2, 0) is 0 Å². The van der Waals surface area contributed by atoms with E-state index in [1.807, 2.05) is 0 Å². The van der Waals surface area contributed by atoms with Crippen LogP contribution < -0.4 is 0 Å². The Kier molecular flexibility index (Phi) is 4.04. The van der Waals surface area contributed by atoms with E-state index in [2.05, 4.69) is 58.9 Å². The summed E-state index contributed by atoms with van der Waals surface area (Å²) in [4.78, 5) is 2.53. The van der Waals surface area contributed by atoms with Crippen molar-refractivity contribution in [2.24, 2.45) is 5.92 Å². The second-order valence-corrected chi connectivity index (χ2v) is 5.56. The van der Waals surface area contributed by atoms with Gasteiger partial charge in [-0.25, -0.2) is 0 Å². The van der Waals surface area contributed by atoms with E-state index in [4.69, 9.17) is 0 Å². The molecule has 1 fully saturated rings. The van der Waals surface area contributed by atoms with E-state index >= 15 is 0 Å². The Balaban J connectivity index is 1.89. The second-order valence-electron chi connectivity index (χ2n) is 4.64. The molecule has 1 aliphatic rings. The van der Waals surface area contributed by atoms with E-state index in [1.165, 1.54) is 36.1 Å². The highest BCUT2D eigenvalue weighted by Crippen LogP contribution is 2.47. The Morgan fingerprint density at radius 3 is 2.38 bits per heavy atom.